The van der Waals surface area contributed by atoms with E-state index in [0.29, 0.717) is 35.3 Å². The molecule has 2 aromatic rings. The minimum absolute atomic E-state index is 0.213. The van der Waals surface area contributed by atoms with Gasteiger partial charge in [0, 0.05) is 0 Å². The molecule has 4 heteroatoms. The Morgan fingerprint density at radius 3 is 2.39 bits per heavy atom. The lowest BCUT2D eigenvalue weighted by Gasteiger charge is -2.14. The third kappa shape index (κ3) is 4.74. The molecule has 0 saturated carbocycles. The lowest BCUT2D eigenvalue weighted by molar-refractivity contribution is 0.102. The minimum atomic E-state index is -0.213. The van der Waals surface area contributed by atoms with Gasteiger partial charge in [-0.15, -0.1) is 0 Å². The van der Waals surface area contributed by atoms with E-state index in [1.807, 2.05) is 30.3 Å². The van der Waals surface area contributed by atoms with E-state index in [0.717, 1.165) is 6.42 Å². The van der Waals surface area contributed by atoms with Crippen LogP contribution in [-0.4, -0.2) is 19.6 Å². The van der Waals surface area contributed by atoms with Crippen molar-refractivity contribution < 1.29 is 14.3 Å². The van der Waals surface area contributed by atoms with Gasteiger partial charge in [0.25, 0.3) is 5.91 Å². The molecule has 2 aromatic carbocycles. The summed E-state index contributed by atoms with van der Waals surface area (Å²) in [5, 5.41) is 2.87. The normalized spacial score (nSPS) is 10.4. The third-order valence-corrected chi connectivity index (χ3v) is 3.44. The fourth-order valence-electron chi connectivity index (χ4n) is 2.12. The van der Waals surface area contributed by atoms with E-state index >= 15 is 0 Å². The Morgan fingerprint density at radius 1 is 1.04 bits per heavy atom. The highest BCUT2D eigenvalue weighted by molar-refractivity contribution is 6.06. The van der Waals surface area contributed by atoms with Crippen LogP contribution in [0.4, 0.5) is 5.69 Å². The molecule has 23 heavy (non-hydrogen) atoms. The summed E-state index contributed by atoms with van der Waals surface area (Å²) >= 11 is 0. The Labute approximate surface area is 137 Å². The molecule has 1 N–H and O–H groups in total. The molecule has 1 amide bonds. The molecule has 0 spiro atoms. The number of benzene rings is 2. The zero-order valence-corrected chi connectivity index (χ0v) is 13.8. The van der Waals surface area contributed by atoms with Crippen LogP contribution in [0.3, 0.4) is 0 Å². The molecule has 0 aromatic heterocycles. The Hall–Kier alpha value is -2.49. The topological polar surface area (TPSA) is 47.6 Å². The number of carbonyl (C=O) groups excluding carboxylic acids is 1. The second-order valence-electron chi connectivity index (χ2n) is 5.68. The summed E-state index contributed by atoms with van der Waals surface area (Å²) in [4.78, 5) is 12.6. The molecule has 0 unspecified atom stereocenters. The molecule has 0 aliphatic rings. The van der Waals surface area contributed by atoms with Gasteiger partial charge in [-0.2, -0.15) is 0 Å². The standard InChI is InChI=1S/C19H23NO3/c1-14(2)12-13-23-17-10-6-4-8-15(17)19(21)20-16-9-5-7-11-18(16)22-3/h4-11,14H,12-13H2,1-3H3,(H,20,21). The van der Waals surface area contributed by atoms with Crippen LogP contribution in [0.5, 0.6) is 11.5 Å². The van der Waals surface area contributed by atoms with Crippen LogP contribution in [-0.2, 0) is 0 Å². The third-order valence-electron chi connectivity index (χ3n) is 3.44. The van der Waals surface area contributed by atoms with Gasteiger partial charge in [-0.1, -0.05) is 38.1 Å². The van der Waals surface area contributed by atoms with Gasteiger partial charge in [0.2, 0.25) is 0 Å². The van der Waals surface area contributed by atoms with Crippen molar-refractivity contribution in [2.75, 3.05) is 19.0 Å². The van der Waals surface area contributed by atoms with Gasteiger partial charge >= 0.3 is 0 Å². The van der Waals surface area contributed by atoms with E-state index in [2.05, 4.69) is 19.2 Å². The van der Waals surface area contributed by atoms with E-state index in [1.165, 1.54) is 0 Å². The van der Waals surface area contributed by atoms with Crippen LogP contribution in [0.15, 0.2) is 48.5 Å². The van der Waals surface area contributed by atoms with E-state index in [1.54, 1.807) is 25.3 Å². The molecule has 0 aliphatic carbocycles. The highest BCUT2D eigenvalue weighted by atomic mass is 16.5. The monoisotopic (exact) mass is 313 g/mol. The maximum atomic E-state index is 12.6. The molecule has 0 heterocycles. The van der Waals surface area contributed by atoms with Crippen LogP contribution in [0, 0.1) is 5.92 Å². The number of ether oxygens (including phenoxy) is 2. The van der Waals surface area contributed by atoms with Crippen LogP contribution < -0.4 is 14.8 Å². The predicted octanol–water partition coefficient (Wildman–Crippen LogP) is 4.37. The largest absolute Gasteiger partial charge is 0.495 e. The SMILES string of the molecule is COc1ccccc1NC(=O)c1ccccc1OCCC(C)C. The van der Waals surface area contributed by atoms with E-state index in [9.17, 15) is 4.79 Å². The molecule has 2 rings (SSSR count). The van der Waals surface area contributed by atoms with Crippen molar-refractivity contribution in [1.29, 1.82) is 0 Å². The zero-order chi connectivity index (χ0) is 16.7. The predicted molar refractivity (Wildman–Crippen MR) is 92.3 cm³/mol. The number of anilines is 1. The minimum Gasteiger partial charge on any atom is -0.495 e. The van der Waals surface area contributed by atoms with Crippen LogP contribution >= 0.6 is 0 Å². The second-order valence-corrected chi connectivity index (χ2v) is 5.68. The van der Waals surface area contributed by atoms with Gasteiger partial charge in [-0.3, -0.25) is 4.79 Å². The lowest BCUT2D eigenvalue weighted by Crippen LogP contribution is -2.14. The summed E-state index contributed by atoms with van der Waals surface area (Å²) in [5.74, 6) is 1.57. The maximum absolute atomic E-state index is 12.6. The second kappa shape index (κ2) is 8.22. The van der Waals surface area contributed by atoms with Crippen LogP contribution in [0.1, 0.15) is 30.6 Å². The highest BCUT2D eigenvalue weighted by Gasteiger charge is 2.14. The van der Waals surface area contributed by atoms with Crippen molar-refractivity contribution in [3.63, 3.8) is 0 Å². The summed E-state index contributed by atoms with van der Waals surface area (Å²) in [7, 11) is 1.58. The number of nitrogens with one attached hydrogen (secondary N) is 1. The van der Waals surface area contributed by atoms with E-state index in [4.69, 9.17) is 9.47 Å². The van der Waals surface area contributed by atoms with E-state index < -0.39 is 0 Å². The van der Waals surface area contributed by atoms with Gasteiger partial charge in [0.15, 0.2) is 0 Å². The molecular formula is C19H23NO3. The smallest absolute Gasteiger partial charge is 0.259 e. The number of hydrogen-bond acceptors (Lipinski definition) is 3. The van der Waals surface area contributed by atoms with Gasteiger partial charge in [0.1, 0.15) is 11.5 Å². The van der Waals surface area contributed by atoms with Crippen molar-refractivity contribution >= 4 is 11.6 Å². The summed E-state index contributed by atoms with van der Waals surface area (Å²) in [6, 6.07) is 14.6. The summed E-state index contributed by atoms with van der Waals surface area (Å²) in [6.45, 7) is 4.88. The van der Waals surface area contributed by atoms with Crippen molar-refractivity contribution in [2.24, 2.45) is 5.92 Å². The summed E-state index contributed by atoms with van der Waals surface area (Å²) < 4.78 is 11.0. The molecule has 0 radical (unpaired) electrons. The average molecular weight is 313 g/mol. The molecular weight excluding hydrogens is 290 g/mol. The van der Waals surface area contributed by atoms with Crippen LogP contribution in [0.25, 0.3) is 0 Å². The van der Waals surface area contributed by atoms with Crippen molar-refractivity contribution in [1.82, 2.24) is 0 Å². The number of rotatable bonds is 7. The first-order chi connectivity index (χ1) is 11.1. The highest BCUT2D eigenvalue weighted by Crippen LogP contribution is 2.25. The van der Waals surface area contributed by atoms with E-state index in [-0.39, 0.29) is 5.91 Å². The number of hydrogen-bond donors (Lipinski definition) is 1. The van der Waals surface area contributed by atoms with Crippen molar-refractivity contribution in [3.8, 4) is 11.5 Å². The van der Waals surface area contributed by atoms with Gasteiger partial charge in [-0.25, -0.2) is 0 Å². The molecule has 0 bridgehead atoms. The Bertz CT molecular complexity index is 653. The number of methoxy groups -OCH3 is 1. The van der Waals surface area contributed by atoms with Crippen LogP contribution in [0.2, 0.25) is 0 Å². The summed E-state index contributed by atoms with van der Waals surface area (Å²) in [5.41, 5.74) is 1.15. The number of para-hydroxylation sites is 3. The van der Waals surface area contributed by atoms with Crippen molar-refractivity contribution in [2.45, 2.75) is 20.3 Å². The Morgan fingerprint density at radius 2 is 1.70 bits per heavy atom. The van der Waals surface area contributed by atoms with Gasteiger partial charge < -0.3 is 14.8 Å². The first-order valence-electron chi connectivity index (χ1n) is 7.78. The fourth-order valence-corrected chi connectivity index (χ4v) is 2.12. The molecule has 0 aliphatic heterocycles. The lowest BCUT2D eigenvalue weighted by atomic mass is 10.1. The maximum Gasteiger partial charge on any atom is 0.259 e. The van der Waals surface area contributed by atoms with Gasteiger partial charge in [-0.05, 0) is 36.6 Å². The first-order valence-corrected chi connectivity index (χ1v) is 7.78. The molecule has 4 nitrogen and oxygen atoms in total. The molecule has 122 valence electrons. The molecule has 0 fully saturated rings. The Kier molecular flexibility index (Phi) is 6.03. The zero-order valence-electron chi connectivity index (χ0n) is 13.8. The average Bonchev–Trinajstić information content (AvgIpc) is 2.55. The number of amides is 1. The first kappa shape index (κ1) is 16.9. The molecule has 0 atom stereocenters. The Balaban J connectivity index is 2.13. The molecule has 0 saturated heterocycles. The van der Waals surface area contributed by atoms with Crippen molar-refractivity contribution in [3.05, 3.63) is 54.1 Å². The number of carbonyl (C=O) groups is 1. The summed E-state index contributed by atoms with van der Waals surface area (Å²) in [6.07, 6.45) is 0.947. The fraction of sp³-hybridized carbons (Fsp3) is 0.316. The van der Waals surface area contributed by atoms with Gasteiger partial charge in [0.05, 0.1) is 25.0 Å². The quantitative estimate of drug-likeness (QED) is 0.825.